The Morgan fingerprint density at radius 3 is 2.39 bits per heavy atom. The molecule has 1 amide bonds. The number of rotatable bonds is 10. The number of methoxy groups -OCH3 is 1. The number of carbonyl (C=O) groups excluding carboxylic acids is 1. The van der Waals surface area contributed by atoms with Crippen LogP contribution in [0.4, 0.5) is 10.8 Å². The number of hydrogen-bond donors (Lipinski definition) is 1. The van der Waals surface area contributed by atoms with Crippen molar-refractivity contribution < 1.29 is 17.9 Å². The number of thiazole rings is 1. The number of aryl methyl sites for hydroxylation is 2. The summed E-state index contributed by atoms with van der Waals surface area (Å²) in [4.78, 5) is 22.4. The molecule has 0 fully saturated rings. The number of amides is 1. The average Bonchev–Trinajstić information content (AvgIpc) is 3.28. The zero-order chi connectivity index (χ0) is 27.4. The van der Waals surface area contributed by atoms with E-state index in [9.17, 15) is 13.2 Å². The highest BCUT2D eigenvalue weighted by Gasteiger charge is 2.23. The van der Waals surface area contributed by atoms with Crippen LogP contribution in [0.25, 0.3) is 10.2 Å². The van der Waals surface area contributed by atoms with Gasteiger partial charge in [-0.15, -0.1) is 0 Å². The van der Waals surface area contributed by atoms with Crippen molar-refractivity contribution in [2.45, 2.75) is 25.2 Å². The van der Waals surface area contributed by atoms with Crippen LogP contribution in [0.5, 0.6) is 5.75 Å². The lowest BCUT2D eigenvalue weighted by atomic mass is 10.1. The third-order valence-electron chi connectivity index (χ3n) is 6.19. The summed E-state index contributed by atoms with van der Waals surface area (Å²) in [5.41, 5.74) is 3.86. The van der Waals surface area contributed by atoms with E-state index in [0.717, 1.165) is 28.7 Å². The van der Waals surface area contributed by atoms with Crippen molar-refractivity contribution in [2.75, 3.05) is 43.9 Å². The molecular formula is C28H32N4O4S2. The van der Waals surface area contributed by atoms with E-state index in [1.165, 1.54) is 36.1 Å². The Kier molecular flexibility index (Phi) is 8.35. The molecule has 0 unspecified atom stereocenters. The summed E-state index contributed by atoms with van der Waals surface area (Å²) >= 11 is 1.48. The molecule has 0 radical (unpaired) electrons. The van der Waals surface area contributed by atoms with E-state index < -0.39 is 10.0 Å². The van der Waals surface area contributed by atoms with Crippen molar-refractivity contribution in [2.24, 2.45) is 0 Å². The van der Waals surface area contributed by atoms with Gasteiger partial charge in [0.25, 0.3) is 15.9 Å². The van der Waals surface area contributed by atoms with Crippen LogP contribution in [0, 0.1) is 13.8 Å². The van der Waals surface area contributed by atoms with Gasteiger partial charge in [0.2, 0.25) is 0 Å². The minimum absolute atomic E-state index is 0.0976. The van der Waals surface area contributed by atoms with E-state index in [0.29, 0.717) is 28.7 Å². The highest BCUT2D eigenvalue weighted by atomic mass is 32.2. The zero-order valence-corrected chi connectivity index (χ0v) is 23.8. The number of sulfonamides is 1. The number of nitrogens with one attached hydrogen (secondary N) is 1. The minimum atomic E-state index is -3.85. The largest absolute Gasteiger partial charge is 0.497 e. The summed E-state index contributed by atoms with van der Waals surface area (Å²) < 4.78 is 34.6. The van der Waals surface area contributed by atoms with Crippen LogP contribution in [0.3, 0.4) is 0 Å². The van der Waals surface area contributed by atoms with Gasteiger partial charge in [-0.3, -0.25) is 14.4 Å². The SMILES string of the molecule is COc1ccc(S(=O)(=O)Nc2cccc(C(=O)N(CCCN(C)C)c3nc4cc(C)c(C)cc4s3)c2)cc1. The molecule has 200 valence electrons. The molecule has 4 rings (SSSR count). The Morgan fingerprint density at radius 2 is 1.71 bits per heavy atom. The van der Waals surface area contributed by atoms with Crippen LogP contribution in [-0.2, 0) is 10.0 Å². The number of carbonyl (C=O) groups is 1. The minimum Gasteiger partial charge on any atom is -0.497 e. The predicted octanol–water partition coefficient (Wildman–Crippen LogP) is 5.32. The fourth-order valence-corrected chi connectivity index (χ4v) is 6.07. The van der Waals surface area contributed by atoms with Crippen LogP contribution >= 0.6 is 11.3 Å². The number of benzene rings is 3. The van der Waals surface area contributed by atoms with Crippen LogP contribution < -0.4 is 14.4 Å². The Morgan fingerprint density at radius 1 is 1.00 bits per heavy atom. The molecule has 0 saturated heterocycles. The van der Waals surface area contributed by atoms with Gasteiger partial charge < -0.3 is 9.64 Å². The quantitative estimate of drug-likeness (QED) is 0.286. The van der Waals surface area contributed by atoms with E-state index in [2.05, 4.69) is 22.6 Å². The lowest BCUT2D eigenvalue weighted by Crippen LogP contribution is -2.33. The highest BCUT2D eigenvalue weighted by molar-refractivity contribution is 7.92. The van der Waals surface area contributed by atoms with E-state index in [4.69, 9.17) is 9.72 Å². The van der Waals surface area contributed by atoms with Gasteiger partial charge in [0, 0.05) is 17.8 Å². The smallest absolute Gasteiger partial charge is 0.261 e. The number of aromatic nitrogens is 1. The molecule has 4 aromatic rings. The van der Waals surface area contributed by atoms with Gasteiger partial charge in [0.15, 0.2) is 5.13 Å². The second-order valence-electron chi connectivity index (χ2n) is 9.38. The van der Waals surface area contributed by atoms with Crippen LogP contribution in [0.2, 0.25) is 0 Å². The summed E-state index contributed by atoms with van der Waals surface area (Å²) in [5.74, 6) is 0.327. The molecule has 0 aliphatic carbocycles. The molecule has 0 spiro atoms. The Hall–Kier alpha value is -3.47. The van der Waals surface area contributed by atoms with Crippen LogP contribution in [-0.4, -0.2) is 58.5 Å². The first-order valence-corrected chi connectivity index (χ1v) is 14.5. The molecule has 1 heterocycles. The van der Waals surface area contributed by atoms with Crippen LogP contribution in [0.15, 0.2) is 65.6 Å². The summed E-state index contributed by atoms with van der Waals surface area (Å²) in [6.45, 7) is 5.41. The van der Waals surface area contributed by atoms with Crippen molar-refractivity contribution in [1.82, 2.24) is 9.88 Å². The second-order valence-corrected chi connectivity index (χ2v) is 12.1. The first-order valence-electron chi connectivity index (χ1n) is 12.2. The normalized spacial score (nSPS) is 11.6. The standard InChI is InChI=1S/C28H32N4O4S2/c1-19-16-25-26(17-20(19)2)37-28(29-25)32(15-7-14-31(3)4)27(33)21-8-6-9-22(18-21)30-38(34,35)24-12-10-23(36-5)11-13-24/h6,8-13,16-18,30H,7,14-15H2,1-5H3. The molecule has 1 aromatic heterocycles. The molecule has 0 aliphatic rings. The fourth-order valence-electron chi connectivity index (χ4n) is 3.95. The maximum absolute atomic E-state index is 13.8. The van der Waals surface area contributed by atoms with Gasteiger partial charge in [0.1, 0.15) is 5.75 Å². The van der Waals surface area contributed by atoms with E-state index in [1.807, 2.05) is 27.1 Å². The Bertz CT molecular complexity index is 1510. The number of nitrogens with zero attached hydrogens (tertiary/aromatic N) is 3. The molecule has 10 heteroatoms. The molecule has 0 aliphatic heterocycles. The summed E-state index contributed by atoms with van der Waals surface area (Å²) in [6.07, 6.45) is 0.760. The first kappa shape index (κ1) is 27.6. The number of ether oxygens (including phenoxy) is 1. The maximum atomic E-state index is 13.8. The van der Waals surface area contributed by atoms with Crippen molar-refractivity contribution in [1.29, 1.82) is 0 Å². The van der Waals surface area contributed by atoms with E-state index in [1.54, 1.807) is 41.3 Å². The second kappa shape index (κ2) is 11.5. The molecule has 0 bridgehead atoms. The van der Waals surface area contributed by atoms with Gasteiger partial charge in [-0.05, 0) is 107 Å². The zero-order valence-electron chi connectivity index (χ0n) is 22.2. The summed E-state index contributed by atoms with van der Waals surface area (Å²) in [7, 11) is 1.66. The first-order chi connectivity index (χ1) is 18.1. The van der Waals surface area contributed by atoms with Crippen molar-refractivity contribution in [3.05, 3.63) is 77.4 Å². The molecule has 0 atom stereocenters. The van der Waals surface area contributed by atoms with Gasteiger partial charge in [-0.1, -0.05) is 17.4 Å². The van der Waals surface area contributed by atoms with Crippen molar-refractivity contribution in [3.63, 3.8) is 0 Å². The van der Waals surface area contributed by atoms with Gasteiger partial charge in [-0.2, -0.15) is 0 Å². The number of anilines is 2. The highest BCUT2D eigenvalue weighted by Crippen LogP contribution is 2.32. The average molecular weight is 553 g/mol. The Labute approximate surface area is 227 Å². The van der Waals surface area contributed by atoms with Crippen molar-refractivity contribution in [3.8, 4) is 5.75 Å². The topological polar surface area (TPSA) is 91.8 Å². The van der Waals surface area contributed by atoms with E-state index in [-0.39, 0.29) is 10.8 Å². The molecule has 3 aromatic carbocycles. The lowest BCUT2D eigenvalue weighted by molar-refractivity contribution is 0.0986. The predicted molar refractivity (Wildman–Crippen MR) is 154 cm³/mol. The number of fused-ring (bicyclic) bond motifs is 1. The Balaban J connectivity index is 1.63. The molecule has 8 nitrogen and oxygen atoms in total. The third-order valence-corrected chi connectivity index (χ3v) is 8.63. The molecule has 0 saturated carbocycles. The lowest BCUT2D eigenvalue weighted by Gasteiger charge is -2.21. The van der Waals surface area contributed by atoms with Crippen LogP contribution in [0.1, 0.15) is 27.9 Å². The van der Waals surface area contributed by atoms with E-state index >= 15 is 0 Å². The monoisotopic (exact) mass is 552 g/mol. The van der Waals surface area contributed by atoms with Gasteiger partial charge >= 0.3 is 0 Å². The van der Waals surface area contributed by atoms with Crippen molar-refractivity contribution >= 4 is 48.3 Å². The van der Waals surface area contributed by atoms with Gasteiger partial charge in [-0.25, -0.2) is 13.4 Å². The maximum Gasteiger partial charge on any atom is 0.261 e. The fraction of sp³-hybridized carbons (Fsp3) is 0.286. The summed E-state index contributed by atoms with van der Waals surface area (Å²) in [6, 6.07) is 16.8. The summed E-state index contributed by atoms with van der Waals surface area (Å²) in [5, 5.41) is 0.623. The molecular weight excluding hydrogens is 520 g/mol. The third kappa shape index (κ3) is 6.32. The van der Waals surface area contributed by atoms with Gasteiger partial charge in [0.05, 0.1) is 22.2 Å². The number of hydrogen-bond acceptors (Lipinski definition) is 7. The molecule has 38 heavy (non-hydrogen) atoms. The molecule has 1 N–H and O–H groups in total.